The van der Waals surface area contributed by atoms with Crippen molar-refractivity contribution in [3.05, 3.63) is 29.8 Å². The minimum atomic E-state index is -3.60. The average Bonchev–Trinajstić information content (AvgIpc) is 2.24. The fraction of sp³-hybridized carbons (Fsp3) is 0.538. The molecule has 106 valence electrons. The van der Waals surface area contributed by atoms with Crippen LogP contribution in [-0.2, 0) is 10.0 Å². The van der Waals surface area contributed by atoms with E-state index in [4.69, 9.17) is 0 Å². The van der Waals surface area contributed by atoms with Crippen molar-refractivity contribution in [1.29, 1.82) is 0 Å². The van der Waals surface area contributed by atoms with Crippen LogP contribution in [-0.4, -0.2) is 36.6 Å². The Morgan fingerprint density at radius 2 is 1.68 bits per heavy atom. The van der Waals surface area contributed by atoms with E-state index in [1.54, 1.807) is 31.1 Å². The molecule has 0 amide bonds. The van der Waals surface area contributed by atoms with Crippen molar-refractivity contribution in [3.63, 3.8) is 0 Å². The van der Waals surface area contributed by atoms with Gasteiger partial charge in [-0.15, -0.1) is 0 Å². The van der Waals surface area contributed by atoms with Crippen LogP contribution < -0.4 is 0 Å². The lowest BCUT2D eigenvalue weighted by atomic mass is 9.71. The van der Waals surface area contributed by atoms with Crippen LogP contribution in [0.15, 0.2) is 29.2 Å². The van der Waals surface area contributed by atoms with Crippen LogP contribution in [0, 0.1) is 6.92 Å². The molecule has 0 atom stereocenters. The summed E-state index contributed by atoms with van der Waals surface area (Å²) in [6.07, 6.45) is 0.0830. The number of benzene rings is 1. The molecule has 0 unspecified atom stereocenters. The number of hydrogen-bond acceptors (Lipinski definition) is 3. The maximum Gasteiger partial charge on any atom is 0.301 e. The Hall–Kier alpha value is -0.845. The highest BCUT2D eigenvalue weighted by Gasteiger charge is 2.35. The summed E-state index contributed by atoms with van der Waals surface area (Å²) >= 11 is 0. The molecule has 19 heavy (non-hydrogen) atoms. The molecule has 1 rings (SSSR count). The van der Waals surface area contributed by atoms with Gasteiger partial charge in [0.1, 0.15) is 0 Å². The van der Waals surface area contributed by atoms with Gasteiger partial charge in [-0.05, 0) is 39.8 Å². The van der Waals surface area contributed by atoms with Crippen molar-refractivity contribution in [1.82, 2.24) is 4.31 Å². The van der Waals surface area contributed by atoms with Gasteiger partial charge in [-0.3, -0.25) is 0 Å². The second kappa shape index (κ2) is 5.65. The standard InChI is InChI=1S/C13H22BNO3S/c1-11-6-8-12(9-7-11)19(17,18)15(10-14(5)16)13(2,3)4/h6-9,16H,10H2,1-5H3. The minimum Gasteiger partial charge on any atom is -0.449 e. The maximum atomic E-state index is 12.6. The van der Waals surface area contributed by atoms with E-state index in [1.807, 2.05) is 27.7 Å². The van der Waals surface area contributed by atoms with E-state index < -0.39 is 22.5 Å². The van der Waals surface area contributed by atoms with Crippen LogP contribution in [0.2, 0.25) is 6.82 Å². The third-order valence-corrected chi connectivity index (χ3v) is 4.93. The van der Waals surface area contributed by atoms with Crippen molar-refractivity contribution >= 4 is 16.9 Å². The Kier molecular flexibility index (Phi) is 4.82. The van der Waals surface area contributed by atoms with Gasteiger partial charge >= 0.3 is 6.92 Å². The SMILES string of the molecule is CB(O)CN(C(C)(C)C)S(=O)(=O)c1ccc(C)cc1. The quantitative estimate of drug-likeness (QED) is 0.859. The zero-order valence-electron chi connectivity index (χ0n) is 12.2. The molecule has 6 heteroatoms. The van der Waals surface area contributed by atoms with E-state index in [0.29, 0.717) is 0 Å². The summed E-state index contributed by atoms with van der Waals surface area (Å²) in [5.41, 5.74) is 0.428. The molecule has 0 aliphatic carbocycles. The van der Waals surface area contributed by atoms with Gasteiger partial charge in [0.05, 0.1) is 4.90 Å². The molecular formula is C13H22BNO3S. The van der Waals surface area contributed by atoms with Crippen LogP contribution >= 0.6 is 0 Å². The summed E-state index contributed by atoms with van der Waals surface area (Å²) < 4.78 is 26.6. The lowest BCUT2D eigenvalue weighted by molar-refractivity contribution is 0.271. The first-order valence-electron chi connectivity index (χ1n) is 6.33. The first-order chi connectivity index (χ1) is 8.55. The normalized spacial score (nSPS) is 12.8. The number of sulfonamides is 1. The largest absolute Gasteiger partial charge is 0.449 e. The summed E-state index contributed by atoms with van der Waals surface area (Å²) in [5, 5.41) is 9.53. The molecule has 0 saturated carbocycles. The van der Waals surface area contributed by atoms with E-state index in [9.17, 15) is 13.4 Å². The topological polar surface area (TPSA) is 57.6 Å². The predicted molar refractivity (Wildman–Crippen MR) is 78.7 cm³/mol. The van der Waals surface area contributed by atoms with Crippen LogP contribution in [0.4, 0.5) is 0 Å². The fourth-order valence-electron chi connectivity index (χ4n) is 1.81. The number of rotatable bonds is 4. The van der Waals surface area contributed by atoms with Crippen molar-refractivity contribution in [2.75, 3.05) is 6.44 Å². The zero-order valence-corrected chi connectivity index (χ0v) is 13.0. The third-order valence-electron chi connectivity index (χ3n) is 2.79. The Morgan fingerprint density at radius 1 is 1.21 bits per heavy atom. The lowest BCUT2D eigenvalue weighted by Gasteiger charge is -2.34. The van der Waals surface area contributed by atoms with Crippen LogP contribution in [0.1, 0.15) is 26.3 Å². The molecule has 0 bridgehead atoms. The molecule has 0 aliphatic heterocycles. The molecule has 0 aromatic heterocycles. The predicted octanol–water partition coefficient (Wildman–Crippen LogP) is 1.94. The van der Waals surface area contributed by atoms with Gasteiger partial charge in [-0.25, -0.2) is 8.42 Å². The Morgan fingerprint density at radius 3 is 2.05 bits per heavy atom. The molecule has 0 saturated heterocycles. The van der Waals surface area contributed by atoms with Gasteiger partial charge < -0.3 is 5.02 Å². The van der Waals surface area contributed by atoms with E-state index in [0.717, 1.165) is 5.56 Å². The summed E-state index contributed by atoms with van der Waals surface area (Å²) in [6.45, 7) is 8.25. The Labute approximate surface area is 116 Å². The van der Waals surface area contributed by atoms with E-state index in [2.05, 4.69) is 0 Å². The molecule has 1 N–H and O–H groups in total. The highest BCUT2D eigenvalue weighted by molar-refractivity contribution is 7.89. The van der Waals surface area contributed by atoms with E-state index in [1.165, 1.54) is 4.31 Å². The first kappa shape index (κ1) is 16.2. The summed E-state index contributed by atoms with van der Waals surface area (Å²) in [6, 6.07) is 6.75. The van der Waals surface area contributed by atoms with Gasteiger partial charge in [0.2, 0.25) is 10.0 Å². The Bertz CT molecular complexity index is 518. The molecule has 1 aromatic carbocycles. The molecule has 0 fully saturated rings. The molecule has 0 spiro atoms. The first-order valence-corrected chi connectivity index (χ1v) is 7.77. The van der Waals surface area contributed by atoms with Gasteiger partial charge in [0, 0.05) is 12.0 Å². The number of nitrogens with zero attached hydrogens (tertiary/aromatic N) is 1. The smallest absolute Gasteiger partial charge is 0.301 e. The van der Waals surface area contributed by atoms with Gasteiger partial charge in [0.25, 0.3) is 0 Å². The summed E-state index contributed by atoms with van der Waals surface area (Å²) in [5.74, 6) is 0. The van der Waals surface area contributed by atoms with Gasteiger partial charge in [0.15, 0.2) is 0 Å². The van der Waals surface area contributed by atoms with Crippen LogP contribution in [0.3, 0.4) is 0 Å². The van der Waals surface area contributed by atoms with Crippen LogP contribution in [0.25, 0.3) is 0 Å². The number of hydrogen-bond donors (Lipinski definition) is 1. The minimum absolute atomic E-state index is 0.0830. The molecule has 0 aliphatic rings. The van der Waals surface area contributed by atoms with Gasteiger partial charge in [-0.1, -0.05) is 24.5 Å². The number of aryl methyl sites for hydroxylation is 1. The monoisotopic (exact) mass is 283 g/mol. The zero-order chi connectivity index (χ0) is 14.8. The van der Waals surface area contributed by atoms with Gasteiger partial charge in [-0.2, -0.15) is 4.31 Å². The van der Waals surface area contributed by atoms with Crippen molar-refractivity contribution in [2.45, 2.75) is 45.0 Å². The highest BCUT2D eigenvalue weighted by Crippen LogP contribution is 2.24. The molecular weight excluding hydrogens is 261 g/mol. The summed E-state index contributed by atoms with van der Waals surface area (Å²) in [7, 11) is -3.60. The summed E-state index contributed by atoms with van der Waals surface area (Å²) in [4.78, 5) is 0.258. The van der Waals surface area contributed by atoms with Crippen LogP contribution in [0.5, 0.6) is 0 Å². The average molecular weight is 283 g/mol. The highest BCUT2D eigenvalue weighted by atomic mass is 32.2. The van der Waals surface area contributed by atoms with E-state index >= 15 is 0 Å². The molecule has 0 heterocycles. The molecule has 4 nitrogen and oxygen atoms in total. The Balaban J connectivity index is 3.23. The maximum absolute atomic E-state index is 12.6. The molecule has 0 radical (unpaired) electrons. The third kappa shape index (κ3) is 4.06. The van der Waals surface area contributed by atoms with E-state index in [-0.39, 0.29) is 11.3 Å². The second-order valence-electron chi connectivity index (χ2n) is 5.87. The molecule has 1 aromatic rings. The second-order valence-corrected chi connectivity index (χ2v) is 7.73. The van der Waals surface area contributed by atoms with Crippen molar-refractivity contribution < 1.29 is 13.4 Å². The lowest BCUT2D eigenvalue weighted by Crippen LogP contribution is -2.49. The van der Waals surface area contributed by atoms with Crippen molar-refractivity contribution in [3.8, 4) is 0 Å². The fourth-order valence-corrected chi connectivity index (χ4v) is 3.68. The van der Waals surface area contributed by atoms with Crippen molar-refractivity contribution in [2.24, 2.45) is 0 Å².